The molecule has 0 amide bonds. The molecular formula is C14H18ClNO2. The summed E-state index contributed by atoms with van der Waals surface area (Å²) in [6.45, 7) is 0.995. The van der Waals surface area contributed by atoms with Crippen LogP contribution in [0.4, 0.5) is 5.69 Å². The number of carbonyl (C=O) groups excluding carboxylic acids is 1. The standard InChI is InChI=1S/C14H18ClNO2/c15-13-9-11(10-18)5-6-14(13)16(7-2-8-17)12-3-1-4-12/h5-6,9-10,12,17H,1-4,7-8H2. The van der Waals surface area contributed by atoms with Crippen LogP contribution in [-0.4, -0.2) is 30.6 Å². The fraction of sp³-hybridized carbons (Fsp3) is 0.500. The normalized spacial score (nSPS) is 15.2. The highest BCUT2D eigenvalue weighted by Gasteiger charge is 2.26. The van der Waals surface area contributed by atoms with E-state index in [-0.39, 0.29) is 6.61 Å². The number of aliphatic hydroxyl groups excluding tert-OH is 1. The van der Waals surface area contributed by atoms with Gasteiger partial charge in [0.2, 0.25) is 0 Å². The average molecular weight is 268 g/mol. The monoisotopic (exact) mass is 267 g/mol. The van der Waals surface area contributed by atoms with E-state index in [1.54, 1.807) is 12.1 Å². The number of hydrogen-bond donors (Lipinski definition) is 1. The zero-order chi connectivity index (χ0) is 13.0. The van der Waals surface area contributed by atoms with E-state index in [1.807, 2.05) is 6.07 Å². The molecule has 98 valence electrons. The number of benzene rings is 1. The molecule has 1 fully saturated rings. The van der Waals surface area contributed by atoms with Gasteiger partial charge in [-0.1, -0.05) is 11.6 Å². The third-order valence-electron chi connectivity index (χ3n) is 3.49. The van der Waals surface area contributed by atoms with Gasteiger partial charge >= 0.3 is 0 Å². The van der Waals surface area contributed by atoms with Gasteiger partial charge in [0.15, 0.2) is 0 Å². The molecule has 0 aromatic heterocycles. The Morgan fingerprint density at radius 2 is 2.22 bits per heavy atom. The maximum absolute atomic E-state index is 10.7. The molecule has 0 bridgehead atoms. The number of aliphatic hydroxyl groups is 1. The summed E-state index contributed by atoms with van der Waals surface area (Å²) in [5.74, 6) is 0. The number of hydrogen-bond acceptors (Lipinski definition) is 3. The van der Waals surface area contributed by atoms with Crippen LogP contribution >= 0.6 is 11.6 Å². The molecule has 0 unspecified atom stereocenters. The predicted octanol–water partition coefficient (Wildman–Crippen LogP) is 2.89. The van der Waals surface area contributed by atoms with E-state index in [2.05, 4.69) is 4.90 Å². The van der Waals surface area contributed by atoms with Gasteiger partial charge in [0.25, 0.3) is 0 Å². The largest absolute Gasteiger partial charge is 0.396 e. The summed E-state index contributed by atoms with van der Waals surface area (Å²) < 4.78 is 0. The molecule has 0 atom stereocenters. The molecule has 1 saturated carbocycles. The molecule has 1 aliphatic rings. The molecule has 1 aromatic carbocycles. The first-order valence-electron chi connectivity index (χ1n) is 6.38. The van der Waals surface area contributed by atoms with Gasteiger partial charge < -0.3 is 10.0 Å². The second-order valence-corrected chi connectivity index (χ2v) is 5.09. The van der Waals surface area contributed by atoms with Gasteiger partial charge in [0.05, 0.1) is 10.7 Å². The summed E-state index contributed by atoms with van der Waals surface area (Å²) >= 11 is 6.24. The fourth-order valence-corrected chi connectivity index (χ4v) is 2.57. The topological polar surface area (TPSA) is 40.5 Å². The van der Waals surface area contributed by atoms with Crippen molar-refractivity contribution in [3.05, 3.63) is 28.8 Å². The summed E-state index contributed by atoms with van der Waals surface area (Å²) in [7, 11) is 0. The zero-order valence-corrected chi connectivity index (χ0v) is 11.1. The molecule has 1 aliphatic carbocycles. The van der Waals surface area contributed by atoms with Crippen LogP contribution in [0.5, 0.6) is 0 Å². The Bertz CT molecular complexity index is 418. The Hall–Kier alpha value is -1.06. The molecule has 1 aromatic rings. The first-order valence-corrected chi connectivity index (χ1v) is 6.76. The lowest BCUT2D eigenvalue weighted by molar-refractivity contribution is 0.112. The van der Waals surface area contributed by atoms with E-state index >= 15 is 0 Å². The van der Waals surface area contributed by atoms with E-state index in [9.17, 15) is 4.79 Å². The predicted molar refractivity (Wildman–Crippen MR) is 73.5 cm³/mol. The van der Waals surface area contributed by atoms with E-state index in [0.29, 0.717) is 16.6 Å². The fourth-order valence-electron chi connectivity index (χ4n) is 2.27. The Kier molecular flexibility index (Phi) is 4.61. The number of anilines is 1. The molecule has 18 heavy (non-hydrogen) atoms. The lowest BCUT2D eigenvalue weighted by Crippen LogP contribution is -2.41. The van der Waals surface area contributed by atoms with Crippen molar-refractivity contribution >= 4 is 23.6 Å². The molecule has 3 nitrogen and oxygen atoms in total. The smallest absolute Gasteiger partial charge is 0.150 e. The molecule has 0 aliphatic heterocycles. The van der Waals surface area contributed by atoms with Gasteiger partial charge in [-0.2, -0.15) is 0 Å². The first kappa shape index (κ1) is 13.4. The third kappa shape index (κ3) is 2.85. The van der Waals surface area contributed by atoms with Gasteiger partial charge in [-0.25, -0.2) is 0 Å². The summed E-state index contributed by atoms with van der Waals surface area (Å²) in [5.41, 5.74) is 1.57. The van der Waals surface area contributed by atoms with Crippen molar-refractivity contribution in [3.63, 3.8) is 0 Å². The summed E-state index contributed by atoms with van der Waals surface area (Å²) in [6, 6.07) is 5.92. The lowest BCUT2D eigenvalue weighted by atomic mass is 9.91. The second kappa shape index (κ2) is 6.21. The van der Waals surface area contributed by atoms with Crippen LogP contribution in [0.2, 0.25) is 5.02 Å². The Morgan fingerprint density at radius 3 is 2.72 bits per heavy atom. The quantitative estimate of drug-likeness (QED) is 0.806. The Labute approximate surface area is 112 Å². The number of nitrogens with zero attached hydrogens (tertiary/aromatic N) is 1. The number of carbonyl (C=O) groups is 1. The van der Waals surface area contributed by atoms with Crippen molar-refractivity contribution in [2.75, 3.05) is 18.1 Å². The van der Waals surface area contributed by atoms with Gasteiger partial charge in [0, 0.05) is 24.8 Å². The van der Waals surface area contributed by atoms with Crippen LogP contribution in [0.3, 0.4) is 0 Å². The SMILES string of the molecule is O=Cc1ccc(N(CCCO)C2CCC2)c(Cl)c1. The van der Waals surface area contributed by atoms with Crippen LogP contribution in [0, 0.1) is 0 Å². The number of rotatable bonds is 6. The minimum Gasteiger partial charge on any atom is -0.396 e. The average Bonchev–Trinajstić information content (AvgIpc) is 2.32. The lowest BCUT2D eigenvalue weighted by Gasteiger charge is -2.39. The zero-order valence-electron chi connectivity index (χ0n) is 10.3. The molecule has 0 heterocycles. The van der Waals surface area contributed by atoms with Crippen LogP contribution in [0.25, 0.3) is 0 Å². The van der Waals surface area contributed by atoms with Crippen LogP contribution in [0.15, 0.2) is 18.2 Å². The first-order chi connectivity index (χ1) is 8.76. The van der Waals surface area contributed by atoms with Crippen molar-refractivity contribution in [3.8, 4) is 0 Å². The molecule has 4 heteroatoms. The van der Waals surface area contributed by atoms with Gasteiger partial charge in [-0.15, -0.1) is 0 Å². The van der Waals surface area contributed by atoms with Crippen LogP contribution < -0.4 is 4.90 Å². The minimum atomic E-state index is 0.188. The van der Waals surface area contributed by atoms with E-state index in [1.165, 1.54) is 19.3 Å². The summed E-state index contributed by atoms with van der Waals surface area (Å²) in [4.78, 5) is 13.0. The highest BCUT2D eigenvalue weighted by molar-refractivity contribution is 6.33. The minimum absolute atomic E-state index is 0.188. The highest BCUT2D eigenvalue weighted by atomic mass is 35.5. The van der Waals surface area contributed by atoms with Crippen molar-refractivity contribution in [1.82, 2.24) is 0 Å². The molecular weight excluding hydrogens is 250 g/mol. The maximum Gasteiger partial charge on any atom is 0.150 e. The Balaban J connectivity index is 2.20. The summed E-state index contributed by atoms with van der Waals surface area (Å²) in [6.07, 6.45) is 5.15. The summed E-state index contributed by atoms with van der Waals surface area (Å²) in [5, 5.41) is 9.60. The van der Waals surface area contributed by atoms with E-state index in [0.717, 1.165) is 24.9 Å². The van der Waals surface area contributed by atoms with Gasteiger partial charge in [-0.05, 0) is 43.9 Å². The van der Waals surface area contributed by atoms with Gasteiger partial charge in [0.1, 0.15) is 6.29 Å². The van der Waals surface area contributed by atoms with Crippen molar-refractivity contribution in [2.24, 2.45) is 0 Å². The molecule has 2 rings (SSSR count). The van der Waals surface area contributed by atoms with Gasteiger partial charge in [-0.3, -0.25) is 4.79 Å². The highest BCUT2D eigenvalue weighted by Crippen LogP contribution is 2.34. The molecule has 0 radical (unpaired) electrons. The second-order valence-electron chi connectivity index (χ2n) is 4.68. The van der Waals surface area contributed by atoms with Crippen molar-refractivity contribution in [2.45, 2.75) is 31.7 Å². The van der Waals surface area contributed by atoms with Crippen LogP contribution in [0.1, 0.15) is 36.0 Å². The molecule has 0 spiro atoms. The van der Waals surface area contributed by atoms with Crippen molar-refractivity contribution < 1.29 is 9.90 Å². The van der Waals surface area contributed by atoms with Crippen LogP contribution in [-0.2, 0) is 0 Å². The van der Waals surface area contributed by atoms with E-state index in [4.69, 9.17) is 16.7 Å². The van der Waals surface area contributed by atoms with Crippen molar-refractivity contribution in [1.29, 1.82) is 0 Å². The number of halogens is 1. The molecule has 0 saturated heterocycles. The molecule has 1 N–H and O–H groups in total. The number of aldehydes is 1. The third-order valence-corrected chi connectivity index (χ3v) is 3.79. The van der Waals surface area contributed by atoms with E-state index < -0.39 is 0 Å². The maximum atomic E-state index is 10.7. The Morgan fingerprint density at radius 1 is 1.44 bits per heavy atom.